The molecule has 0 saturated carbocycles. The van der Waals surface area contributed by atoms with Crippen molar-refractivity contribution in [3.8, 4) is 0 Å². The zero-order valence-corrected chi connectivity index (χ0v) is 9.63. The van der Waals surface area contributed by atoms with Crippen molar-refractivity contribution < 1.29 is 14.4 Å². The zero-order valence-electron chi connectivity index (χ0n) is 9.63. The molecule has 0 unspecified atom stereocenters. The van der Waals surface area contributed by atoms with Crippen LogP contribution >= 0.6 is 0 Å². The smallest absolute Gasteiger partial charge is 0.248 e. The van der Waals surface area contributed by atoms with E-state index >= 15 is 0 Å². The Morgan fingerprint density at radius 1 is 1.17 bits per heavy atom. The van der Waals surface area contributed by atoms with Gasteiger partial charge in [0.25, 0.3) is 0 Å². The van der Waals surface area contributed by atoms with Crippen LogP contribution in [0.15, 0.2) is 24.3 Å². The van der Waals surface area contributed by atoms with Gasteiger partial charge in [0.05, 0.1) is 5.92 Å². The first-order valence-electron chi connectivity index (χ1n) is 5.48. The number of benzene rings is 1. The number of hydrogen-bond donors (Lipinski definition) is 2. The lowest BCUT2D eigenvalue weighted by Gasteiger charge is -2.16. The molecule has 2 rings (SSSR count). The Hall–Kier alpha value is -2.37. The number of primary amides is 2. The molecule has 3 amide bonds. The summed E-state index contributed by atoms with van der Waals surface area (Å²) in [4.78, 5) is 35.2. The first-order chi connectivity index (χ1) is 8.49. The van der Waals surface area contributed by atoms with Crippen LogP contribution in [0.3, 0.4) is 0 Å². The molecule has 1 heterocycles. The van der Waals surface area contributed by atoms with Crippen LogP contribution in [0.25, 0.3) is 0 Å². The van der Waals surface area contributed by atoms with Gasteiger partial charge < -0.3 is 16.4 Å². The third-order valence-electron chi connectivity index (χ3n) is 2.99. The van der Waals surface area contributed by atoms with Gasteiger partial charge in [-0.25, -0.2) is 0 Å². The minimum absolute atomic E-state index is 0.132. The highest BCUT2D eigenvalue weighted by Crippen LogP contribution is 2.25. The van der Waals surface area contributed by atoms with Crippen molar-refractivity contribution in [3.05, 3.63) is 29.8 Å². The molecule has 0 radical (unpaired) electrons. The summed E-state index contributed by atoms with van der Waals surface area (Å²) < 4.78 is 0. The van der Waals surface area contributed by atoms with Crippen molar-refractivity contribution in [1.29, 1.82) is 0 Å². The van der Waals surface area contributed by atoms with Crippen molar-refractivity contribution in [2.24, 2.45) is 17.4 Å². The predicted octanol–water partition coefficient (Wildman–Crippen LogP) is -0.376. The summed E-state index contributed by atoms with van der Waals surface area (Å²) in [6.07, 6.45) is 0.132. The maximum Gasteiger partial charge on any atom is 0.248 e. The lowest BCUT2D eigenvalue weighted by Crippen LogP contribution is -2.28. The van der Waals surface area contributed by atoms with Gasteiger partial charge in [-0.2, -0.15) is 0 Å². The molecule has 0 spiro atoms. The molecule has 1 saturated heterocycles. The van der Waals surface area contributed by atoms with Gasteiger partial charge in [0, 0.05) is 24.2 Å². The summed E-state index contributed by atoms with van der Waals surface area (Å²) in [5, 5.41) is 0. The Morgan fingerprint density at radius 3 is 2.22 bits per heavy atom. The quantitative estimate of drug-likeness (QED) is 0.760. The summed E-state index contributed by atoms with van der Waals surface area (Å²) in [5.74, 6) is -1.59. The number of rotatable bonds is 3. The van der Waals surface area contributed by atoms with Crippen molar-refractivity contribution in [1.82, 2.24) is 0 Å². The number of nitrogens with two attached hydrogens (primary N) is 2. The number of amides is 3. The Balaban J connectivity index is 2.19. The molecule has 0 bridgehead atoms. The van der Waals surface area contributed by atoms with Crippen molar-refractivity contribution in [2.75, 3.05) is 11.4 Å². The summed E-state index contributed by atoms with van der Waals surface area (Å²) in [5.41, 5.74) is 11.3. The van der Waals surface area contributed by atoms with Gasteiger partial charge in [0.1, 0.15) is 0 Å². The van der Waals surface area contributed by atoms with E-state index in [9.17, 15) is 14.4 Å². The van der Waals surface area contributed by atoms with Crippen molar-refractivity contribution in [3.63, 3.8) is 0 Å². The predicted molar refractivity (Wildman–Crippen MR) is 64.6 cm³/mol. The molecule has 4 N–H and O–H groups in total. The van der Waals surface area contributed by atoms with E-state index in [1.54, 1.807) is 24.3 Å². The number of carbonyl (C=O) groups excluding carboxylic acids is 3. The van der Waals surface area contributed by atoms with Gasteiger partial charge in [0.2, 0.25) is 17.7 Å². The van der Waals surface area contributed by atoms with Crippen LogP contribution in [-0.2, 0) is 9.59 Å². The van der Waals surface area contributed by atoms with E-state index in [-0.39, 0.29) is 18.9 Å². The Bertz CT molecular complexity index is 510. The van der Waals surface area contributed by atoms with Gasteiger partial charge in [-0.1, -0.05) is 0 Å². The first-order valence-corrected chi connectivity index (χ1v) is 5.48. The van der Waals surface area contributed by atoms with Crippen LogP contribution in [0.5, 0.6) is 0 Å². The normalized spacial score (nSPS) is 19.0. The highest BCUT2D eigenvalue weighted by Gasteiger charge is 2.33. The van der Waals surface area contributed by atoms with Gasteiger partial charge in [-0.3, -0.25) is 14.4 Å². The second-order valence-electron chi connectivity index (χ2n) is 4.22. The Kier molecular flexibility index (Phi) is 3.01. The average molecular weight is 247 g/mol. The number of hydrogen-bond acceptors (Lipinski definition) is 3. The highest BCUT2D eigenvalue weighted by molar-refractivity contribution is 6.00. The molecular formula is C12H13N3O3. The molecule has 0 aliphatic carbocycles. The number of anilines is 1. The SMILES string of the molecule is NC(=O)c1ccc(N2C[C@@H](C(N)=O)CC2=O)cc1. The number of carbonyl (C=O) groups is 3. The molecule has 6 nitrogen and oxygen atoms in total. The zero-order chi connectivity index (χ0) is 13.3. The molecular weight excluding hydrogens is 234 g/mol. The van der Waals surface area contributed by atoms with Crippen molar-refractivity contribution >= 4 is 23.4 Å². The Morgan fingerprint density at radius 2 is 1.78 bits per heavy atom. The molecule has 1 aliphatic heterocycles. The maximum atomic E-state index is 11.7. The van der Waals surface area contributed by atoms with Crippen LogP contribution in [-0.4, -0.2) is 24.3 Å². The van der Waals surface area contributed by atoms with Crippen LogP contribution in [0, 0.1) is 5.92 Å². The molecule has 6 heteroatoms. The third kappa shape index (κ3) is 2.17. The summed E-state index contributed by atoms with van der Waals surface area (Å²) in [6.45, 7) is 0.282. The maximum absolute atomic E-state index is 11.7. The van der Waals surface area contributed by atoms with Crippen LogP contribution in [0.4, 0.5) is 5.69 Å². The molecule has 0 aromatic heterocycles. The molecule has 1 aliphatic rings. The second-order valence-corrected chi connectivity index (χ2v) is 4.22. The topological polar surface area (TPSA) is 106 Å². The fourth-order valence-corrected chi connectivity index (χ4v) is 1.95. The van der Waals surface area contributed by atoms with E-state index < -0.39 is 17.7 Å². The average Bonchev–Trinajstić information content (AvgIpc) is 2.71. The van der Waals surface area contributed by atoms with Crippen LogP contribution in [0.1, 0.15) is 16.8 Å². The lowest BCUT2D eigenvalue weighted by atomic mass is 10.1. The van der Waals surface area contributed by atoms with Crippen LogP contribution in [0.2, 0.25) is 0 Å². The minimum Gasteiger partial charge on any atom is -0.369 e. The molecule has 1 aromatic rings. The summed E-state index contributed by atoms with van der Waals surface area (Å²) in [7, 11) is 0. The van der Waals surface area contributed by atoms with E-state index in [2.05, 4.69) is 0 Å². The standard InChI is InChI=1S/C12H13N3O3/c13-11(17)7-1-3-9(4-2-7)15-6-8(12(14)18)5-10(15)16/h1-4,8H,5-6H2,(H2,13,17)(H2,14,18)/t8-/m0/s1. The summed E-state index contributed by atoms with van der Waals surface area (Å²) in [6, 6.07) is 6.34. The minimum atomic E-state index is -0.524. The van der Waals surface area contributed by atoms with Gasteiger partial charge >= 0.3 is 0 Å². The molecule has 94 valence electrons. The van der Waals surface area contributed by atoms with E-state index in [0.717, 1.165) is 0 Å². The van der Waals surface area contributed by atoms with E-state index in [1.165, 1.54) is 4.90 Å². The van der Waals surface area contributed by atoms with E-state index in [0.29, 0.717) is 11.3 Å². The van der Waals surface area contributed by atoms with Gasteiger partial charge in [-0.15, -0.1) is 0 Å². The van der Waals surface area contributed by atoms with E-state index in [4.69, 9.17) is 11.5 Å². The van der Waals surface area contributed by atoms with Gasteiger partial charge in [-0.05, 0) is 24.3 Å². The lowest BCUT2D eigenvalue weighted by molar-refractivity contribution is -0.123. The monoisotopic (exact) mass is 247 g/mol. The summed E-state index contributed by atoms with van der Waals surface area (Å²) >= 11 is 0. The largest absolute Gasteiger partial charge is 0.369 e. The van der Waals surface area contributed by atoms with Crippen molar-refractivity contribution in [2.45, 2.75) is 6.42 Å². The fourth-order valence-electron chi connectivity index (χ4n) is 1.95. The van der Waals surface area contributed by atoms with E-state index in [1.807, 2.05) is 0 Å². The van der Waals surface area contributed by atoms with Gasteiger partial charge in [0.15, 0.2) is 0 Å². The second kappa shape index (κ2) is 4.48. The highest BCUT2D eigenvalue weighted by atomic mass is 16.2. The Labute approximate surface area is 104 Å². The van der Waals surface area contributed by atoms with Crippen LogP contribution < -0.4 is 16.4 Å². The fraction of sp³-hybridized carbons (Fsp3) is 0.250. The molecule has 1 aromatic carbocycles. The first kappa shape index (κ1) is 12.1. The third-order valence-corrected chi connectivity index (χ3v) is 2.99. The molecule has 1 fully saturated rings. The number of nitrogens with zero attached hydrogens (tertiary/aromatic N) is 1. The molecule has 18 heavy (non-hydrogen) atoms. The molecule has 1 atom stereocenters.